The molecule has 1 fully saturated rings. The average molecular weight is 276 g/mol. The summed E-state index contributed by atoms with van der Waals surface area (Å²) in [6.45, 7) is 2.18. The van der Waals surface area contributed by atoms with Crippen molar-refractivity contribution in [3.05, 3.63) is 23.8 Å². The Bertz CT molecular complexity index is 583. The maximum Gasteiger partial charge on any atom is 0.243 e. The molecule has 0 bridgehead atoms. The summed E-state index contributed by atoms with van der Waals surface area (Å²) < 4.78 is 52.4. The molecule has 4 nitrogen and oxygen atoms in total. The zero-order chi connectivity index (χ0) is 13.6. The van der Waals surface area contributed by atoms with Gasteiger partial charge in [-0.15, -0.1) is 0 Å². The van der Waals surface area contributed by atoms with Gasteiger partial charge in [0.05, 0.1) is 5.69 Å². The summed E-state index contributed by atoms with van der Waals surface area (Å²) in [6, 6.07) is 1.27. The van der Waals surface area contributed by atoms with E-state index in [-0.39, 0.29) is 12.0 Å². The number of sulfonamides is 1. The molecule has 0 spiro atoms. The van der Waals surface area contributed by atoms with Crippen LogP contribution in [-0.4, -0.2) is 15.0 Å². The number of anilines is 1. The van der Waals surface area contributed by atoms with Crippen molar-refractivity contribution in [2.75, 3.05) is 12.3 Å². The summed E-state index contributed by atoms with van der Waals surface area (Å²) in [5.74, 6) is -2.12. The predicted octanol–water partition coefficient (Wildman–Crippen LogP) is 1.63. The minimum absolute atomic E-state index is 0.0465. The normalized spacial score (nSPS) is 17.7. The van der Waals surface area contributed by atoms with Crippen LogP contribution < -0.4 is 10.5 Å². The highest BCUT2D eigenvalue weighted by atomic mass is 32.2. The topological polar surface area (TPSA) is 72.2 Å². The smallest absolute Gasteiger partial charge is 0.243 e. The largest absolute Gasteiger partial charge is 0.396 e. The molecule has 0 atom stereocenters. The van der Waals surface area contributed by atoms with Gasteiger partial charge >= 0.3 is 0 Å². The molecule has 3 N–H and O–H groups in total. The standard InChI is InChI=1S/C11H14F2N2O2S/c1-11(2-3-11)6-15-18(16,17)10-5-9(14)7(12)4-8(10)13/h4-5,15H,2-3,6,14H2,1H3. The summed E-state index contributed by atoms with van der Waals surface area (Å²) in [4.78, 5) is -0.620. The second-order valence-corrected chi connectivity index (χ2v) is 6.67. The summed E-state index contributed by atoms with van der Waals surface area (Å²) in [5, 5.41) is 0. The van der Waals surface area contributed by atoms with E-state index in [0.717, 1.165) is 18.9 Å². The number of nitrogen functional groups attached to an aromatic ring is 1. The Morgan fingerprint density at radius 1 is 1.33 bits per heavy atom. The lowest BCUT2D eigenvalue weighted by atomic mass is 10.2. The van der Waals surface area contributed by atoms with Gasteiger partial charge in [0.1, 0.15) is 16.5 Å². The van der Waals surface area contributed by atoms with E-state index in [9.17, 15) is 17.2 Å². The molecule has 0 saturated heterocycles. The third-order valence-electron chi connectivity index (χ3n) is 3.13. The highest BCUT2D eigenvalue weighted by Gasteiger charge is 2.38. The molecule has 18 heavy (non-hydrogen) atoms. The van der Waals surface area contributed by atoms with Crippen LogP contribution >= 0.6 is 0 Å². The Kier molecular flexibility index (Phi) is 3.06. The van der Waals surface area contributed by atoms with Gasteiger partial charge in [-0.3, -0.25) is 0 Å². The molecule has 0 unspecified atom stereocenters. The molecular weight excluding hydrogens is 262 g/mol. The molecule has 1 saturated carbocycles. The van der Waals surface area contributed by atoms with Crippen LogP contribution in [0.2, 0.25) is 0 Å². The molecule has 7 heteroatoms. The highest BCUT2D eigenvalue weighted by Crippen LogP contribution is 2.44. The zero-order valence-electron chi connectivity index (χ0n) is 9.83. The van der Waals surface area contributed by atoms with E-state index in [1.807, 2.05) is 6.92 Å². The van der Waals surface area contributed by atoms with Gasteiger partial charge in [-0.1, -0.05) is 6.92 Å². The van der Waals surface area contributed by atoms with E-state index >= 15 is 0 Å². The van der Waals surface area contributed by atoms with Crippen LogP contribution in [-0.2, 0) is 10.0 Å². The molecular formula is C11H14F2N2O2S. The molecule has 2 rings (SSSR count). The Morgan fingerprint density at radius 3 is 2.50 bits per heavy atom. The van der Waals surface area contributed by atoms with Crippen LogP contribution in [0, 0.1) is 17.0 Å². The molecule has 0 aliphatic heterocycles. The maximum atomic E-state index is 13.4. The first-order chi connectivity index (χ1) is 8.23. The minimum atomic E-state index is -4.00. The third-order valence-corrected chi connectivity index (χ3v) is 4.55. The lowest BCUT2D eigenvalue weighted by Gasteiger charge is -2.12. The molecule has 0 aromatic heterocycles. The average Bonchev–Trinajstić information content (AvgIpc) is 3.00. The van der Waals surface area contributed by atoms with E-state index in [0.29, 0.717) is 6.07 Å². The van der Waals surface area contributed by atoms with Gasteiger partial charge in [-0.05, 0) is 24.3 Å². The molecule has 1 aromatic carbocycles. The van der Waals surface area contributed by atoms with Crippen LogP contribution in [0.4, 0.5) is 14.5 Å². The fraction of sp³-hybridized carbons (Fsp3) is 0.455. The van der Waals surface area contributed by atoms with Crippen LogP contribution in [0.25, 0.3) is 0 Å². The fourth-order valence-corrected chi connectivity index (χ4v) is 2.78. The Labute approximate surface area is 104 Å². The highest BCUT2D eigenvalue weighted by molar-refractivity contribution is 7.89. The van der Waals surface area contributed by atoms with Gasteiger partial charge in [-0.25, -0.2) is 21.9 Å². The number of benzene rings is 1. The summed E-state index contributed by atoms with van der Waals surface area (Å²) in [5.41, 5.74) is 4.81. The van der Waals surface area contributed by atoms with Crippen LogP contribution in [0.3, 0.4) is 0 Å². The number of nitrogens with two attached hydrogens (primary N) is 1. The van der Waals surface area contributed by atoms with Crippen LogP contribution in [0.1, 0.15) is 19.8 Å². The van der Waals surface area contributed by atoms with E-state index in [1.54, 1.807) is 0 Å². The second-order valence-electron chi connectivity index (χ2n) is 4.94. The number of nitrogens with one attached hydrogen (secondary N) is 1. The predicted molar refractivity (Wildman–Crippen MR) is 63.3 cm³/mol. The molecule has 100 valence electrons. The number of rotatable bonds is 4. The first kappa shape index (κ1) is 13.2. The first-order valence-corrected chi connectivity index (χ1v) is 6.96. The SMILES string of the molecule is CC1(CNS(=O)(=O)c2cc(N)c(F)cc2F)CC1. The van der Waals surface area contributed by atoms with E-state index in [2.05, 4.69) is 4.72 Å². The summed E-state index contributed by atoms with van der Waals surface area (Å²) in [6.07, 6.45) is 1.87. The Hall–Kier alpha value is -1.21. The number of hydrogen-bond donors (Lipinski definition) is 2. The molecule has 0 heterocycles. The van der Waals surface area contributed by atoms with E-state index < -0.39 is 32.2 Å². The first-order valence-electron chi connectivity index (χ1n) is 5.48. The van der Waals surface area contributed by atoms with Crippen molar-refractivity contribution in [3.8, 4) is 0 Å². The van der Waals surface area contributed by atoms with Crippen molar-refractivity contribution in [2.24, 2.45) is 5.41 Å². The van der Waals surface area contributed by atoms with Crippen molar-refractivity contribution in [1.29, 1.82) is 0 Å². The quantitative estimate of drug-likeness (QED) is 0.821. The van der Waals surface area contributed by atoms with Gasteiger partial charge < -0.3 is 5.73 Å². The van der Waals surface area contributed by atoms with Crippen molar-refractivity contribution in [3.63, 3.8) is 0 Å². The summed E-state index contributed by atoms with van der Waals surface area (Å²) >= 11 is 0. The number of halogens is 2. The van der Waals surface area contributed by atoms with E-state index in [1.165, 1.54) is 0 Å². The monoisotopic (exact) mass is 276 g/mol. The summed E-state index contributed by atoms with van der Waals surface area (Å²) in [7, 11) is -4.00. The van der Waals surface area contributed by atoms with Crippen LogP contribution in [0.5, 0.6) is 0 Å². The Balaban J connectivity index is 2.26. The van der Waals surface area contributed by atoms with Gasteiger partial charge in [0, 0.05) is 12.6 Å². The molecule has 1 aromatic rings. The van der Waals surface area contributed by atoms with Gasteiger partial charge in [0.15, 0.2) is 0 Å². The Morgan fingerprint density at radius 2 is 1.94 bits per heavy atom. The molecule has 0 radical (unpaired) electrons. The fourth-order valence-electron chi connectivity index (χ4n) is 1.49. The van der Waals surface area contributed by atoms with Gasteiger partial charge in [-0.2, -0.15) is 0 Å². The molecule has 0 amide bonds. The zero-order valence-corrected chi connectivity index (χ0v) is 10.7. The maximum absolute atomic E-state index is 13.4. The van der Waals surface area contributed by atoms with Gasteiger partial charge in [0.25, 0.3) is 0 Å². The lowest BCUT2D eigenvalue weighted by Crippen LogP contribution is -2.30. The molecule has 1 aliphatic carbocycles. The van der Waals surface area contributed by atoms with E-state index in [4.69, 9.17) is 5.73 Å². The second kappa shape index (κ2) is 4.17. The minimum Gasteiger partial charge on any atom is -0.396 e. The molecule has 1 aliphatic rings. The van der Waals surface area contributed by atoms with Crippen molar-refractivity contribution >= 4 is 15.7 Å². The van der Waals surface area contributed by atoms with Crippen molar-refractivity contribution in [2.45, 2.75) is 24.7 Å². The number of hydrogen-bond acceptors (Lipinski definition) is 3. The lowest BCUT2D eigenvalue weighted by molar-refractivity contribution is 0.519. The van der Waals surface area contributed by atoms with Crippen molar-refractivity contribution < 1.29 is 17.2 Å². The van der Waals surface area contributed by atoms with Gasteiger partial charge in [0.2, 0.25) is 10.0 Å². The van der Waals surface area contributed by atoms with Crippen molar-refractivity contribution in [1.82, 2.24) is 4.72 Å². The third kappa shape index (κ3) is 2.62. The van der Waals surface area contributed by atoms with Crippen LogP contribution in [0.15, 0.2) is 17.0 Å².